The van der Waals surface area contributed by atoms with Crippen molar-refractivity contribution in [3.63, 3.8) is 0 Å². The van der Waals surface area contributed by atoms with Crippen molar-refractivity contribution in [2.24, 2.45) is 11.7 Å². The summed E-state index contributed by atoms with van der Waals surface area (Å²) in [5.41, 5.74) is 5.90. The molecule has 7 heteroatoms. The van der Waals surface area contributed by atoms with Gasteiger partial charge in [0.2, 0.25) is 0 Å². The summed E-state index contributed by atoms with van der Waals surface area (Å²) in [6.45, 7) is 2.17. The molecule has 0 amide bonds. The minimum absolute atomic E-state index is 0.215. The molecule has 1 aliphatic rings. The zero-order valence-corrected chi connectivity index (χ0v) is 11.9. The Balaban J connectivity index is 2.27. The van der Waals surface area contributed by atoms with Crippen molar-refractivity contribution in [2.45, 2.75) is 44.6 Å². The second-order valence-corrected chi connectivity index (χ2v) is 6.05. The summed E-state index contributed by atoms with van der Waals surface area (Å²) >= 11 is 0. The van der Waals surface area contributed by atoms with Crippen LogP contribution in [0.2, 0.25) is 0 Å². The van der Waals surface area contributed by atoms with Crippen molar-refractivity contribution < 1.29 is 9.85 Å². The molecule has 0 heterocycles. The highest BCUT2D eigenvalue weighted by molar-refractivity contribution is 5.49. The van der Waals surface area contributed by atoms with Crippen molar-refractivity contribution in [2.75, 3.05) is 0 Å². The van der Waals surface area contributed by atoms with Gasteiger partial charge in [-0.25, -0.2) is 0 Å². The maximum absolute atomic E-state index is 11.1. The molecule has 21 heavy (non-hydrogen) atoms. The van der Waals surface area contributed by atoms with E-state index < -0.39 is 15.4 Å². The molecule has 0 bridgehead atoms. The summed E-state index contributed by atoms with van der Waals surface area (Å²) in [4.78, 5) is 20.7. The Kier molecular flexibility index (Phi) is 4.22. The quantitative estimate of drug-likeness (QED) is 0.677. The van der Waals surface area contributed by atoms with Gasteiger partial charge < -0.3 is 5.73 Å². The number of hydrogen-bond donors (Lipinski definition) is 1. The fourth-order valence-corrected chi connectivity index (χ4v) is 2.88. The van der Waals surface area contributed by atoms with Crippen molar-refractivity contribution >= 4 is 11.4 Å². The SMILES string of the molecule is CC1CCC(N)(Cc2ccc([N+](=O)[O-])cc2[N+](=O)[O-])CC1. The lowest BCUT2D eigenvalue weighted by Gasteiger charge is -2.36. The van der Waals surface area contributed by atoms with E-state index in [2.05, 4.69) is 6.92 Å². The fourth-order valence-electron chi connectivity index (χ4n) is 2.88. The van der Waals surface area contributed by atoms with Crippen LogP contribution in [0.5, 0.6) is 0 Å². The summed E-state index contributed by atoms with van der Waals surface area (Å²) in [5, 5.41) is 21.9. The largest absolute Gasteiger partial charge is 0.325 e. The minimum atomic E-state index is -0.628. The number of nitro benzene ring substituents is 2. The molecule has 1 aromatic rings. The molecule has 114 valence electrons. The van der Waals surface area contributed by atoms with Gasteiger partial charge in [-0.3, -0.25) is 20.2 Å². The summed E-state index contributed by atoms with van der Waals surface area (Å²) in [5.74, 6) is 0.633. The first kappa shape index (κ1) is 15.4. The number of nitro groups is 2. The van der Waals surface area contributed by atoms with Crippen LogP contribution >= 0.6 is 0 Å². The average Bonchev–Trinajstić information content (AvgIpc) is 2.42. The lowest BCUT2D eigenvalue weighted by atomic mass is 9.74. The third kappa shape index (κ3) is 3.55. The first-order valence-corrected chi connectivity index (χ1v) is 7.01. The number of non-ortho nitro benzene ring substituents is 1. The van der Waals surface area contributed by atoms with Gasteiger partial charge in [-0.05, 0) is 44.1 Å². The van der Waals surface area contributed by atoms with E-state index >= 15 is 0 Å². The summed E-state index contributed by atoms with van der Waals surface area (Å²) < 4.78 is 0. The average molecular weight is 293 g/mol. The van der Waals surface area contributed by atoms with Gasteiger partial charge in [-0.1, -0.05) is 6.92 Å². The highest BCUT2D eigenvalue weighted by Gasteiger charge is 2.33. The molecule has 1 aliphatic carbocycles. The Bertz CT molecular complexity index is 565. The predicted octanol–water partition coefficient (Wildman–Crippen LogP) is 2.95. The molecule has 2 rings (SSSR count). The summed E-state index contributed by atoms with van der Waals surface area (Å²) in [6.07, 6.45) is 4.05. The molecular weight excluding hydrogens is 274 g/mol. The van der Waals surface area contributed by atoms with Gasteiger partial charge in [-0.2, -0.15) is 0 Å². The Morgan fingerprint density at radius 3 is 2.38 bits per heavy atom. The third-order valence-electron chi connectivity index (χ3n) is 4.29. The van der Waals surface area contributed by atoms with Crippen molar-refractivity contribution in [1.29, 1.82) is 0 Å². The van der Waals surface area contributed by atoms with Crippen LogP contribution in [0.25, 0.3) is 0 Å². The van der Waals surface area contributed by atoms with Crippen LogP contribution in [0.3, 0.4) is 0 Å². The van der Waals surface area contributed by atoms with E-state index in [0.29, 0.717) is 17.9 Å². The Morgan fingerprint density at radius 1 is 1.24 bits per heavy atom. The lowest BCUT2D eigenvalue weighted by molar-refractivity contribution is -0.394. The van der Waals surface area contributed by atoms with E-state index in [1.54, 1.807) is 0 Å². The molecule has 1 fully saturated rings. The molecule has 1 saturated carbocycles. The molecule has 7 nitrogen and oxygen atoms in total. The van der Waals surface area contributed by atoms with E-state index in [1.807, 2.05) is 0 Å². The monoisotopic (exact) mass is 293 g/mol. The summed E-state index contributed by atoms with van der Waals surface area (Å²) in [6, 6.07) is 3.78. The smallest absolute Gasteiger partial charge is 0.279 e. The molecular formula is C14H19N3O4. The van der Waals surface area contributed by atoms with Gasteiger partial charge in [0.15, 0.2) is 0 Å². The van der Waals surface area contributed by atoms with E-state index in [9.17, 15) is 20.2 Å². The molecule has 0 saturated heterocycles. The highest BCUT2D eigenvalue weighted by Crippen LogP contribution is 2.35. The van der Waals surface area contributed by atoms with E-state index in [0.717, 1.165) is 31.7 Å². The third-order valence-corrected chi connectivity index (χ3v) is 4.29. The van der Waals surface area contributed by atoms with E-state index in [-0.39, 0.29) is 11.4 Å². The second-order valence-electron chi connectivity index (χ2n) is 6.05. The van der Waals surface area contributed by atoms with E-state index in [4.69, 9.17) is 5.73 Å². The zero-order chi connectivity index (χ0) is 15.6. The Hall–Kier alpha value is -2.02. The van der Waals surface area contributed by atoms with Gasteiger partial charge >= 0.3 is 0 Å². The summed E-state index contributed by atoms with van der Waals surface area (Å²) in [7, 11) is 0. The Labute approximate surface area is 122 Å². The van der Waals surface area contributed by atoms with Crippen LogP contribution in [0.15, 0.2) is 18.2 Å². The normalized spacial score (nSPS) is 25.5. The first-order chi connectivity index (χ1) is 9.81. The van der Waals surface area contributed by atoms with Gasteiger partial charge in [0.25, 0.3) is 11.4 Å². The van der Waals surface area contributed by atoms with Gasteiger partial charge in [0, 0.05) is 17.2 Å². The van der Waals surface area contributed by atoms with Crippen LogP contribution in [0, 0.1) is 26.1 Å². The molecule has 0 aliphatic heterocycles. The molecule has 2 N–H and O–H groups in total. The predicted molar refractivity (Wildman–Crippen MR) is 78.0 cm³/mol. The maximum atomic E-state index is 11.1. The zero-order valence-electron chi connectivity index (χ0n) is 11.9. The van der Waals surface area contributed by atoms with Crippen molar-refractivity contribution in [1.82, 2.24) is 0 Å². The first-order valence-electron chi connectivity index (χ1n) is 7.01. The van der Waals surface area contributed by atoms with Crippen molar-refractivity contribution in [3.05, 3.63) is 44.0 Å². The van der Waals surface area contributed by atoms with Gasteiger partial charge in [-0.15, -0.1) is 0 Å². The molecule has 0 unspecified atom stereocenters. The maximum Gasteiger partial charge on any atom is 0.279 e. The van der Waals surface area contributed by atoms with Crippen LogP contribution in [0.4, 0.5) is 11.4 Å². The lowest BCUT2D eigenvalue weighted by Crippen LogP contribution is -2.45. The topological polar surface area (TPSA) is 112 Å². The molecule has 0 spiro atoms. The standard InChI is InChI=1S/C14H19N3O4/c1-10-4-6-14(15,7-5-10)9-11-2-3-12(16(18)19)8-13(11)17(20)21/h2-3,8,10H,4-7,9,15H2,1H3. The van der Waals surface area contributed by atoms with Crippen molar-refractivity contribution in [3.8, 4) is 0 Å². The molecule has 1 aromatic carbocycles. The van der Waals surface area contributed by atoms with E-state index in [1.165, 1.54) is 12.1 Å². The molecule has 0 atom stereocenters. The molecule has 0 aromatic heterocycles. The number of benzene rings is 1. The van der Waals surface area contributed by atoms with Crippen LogP contribution < -0.4 is 5.73 Å². The fraction of sp³-hybridized carbons (Fsp3) is 0.571. The Morgan fingerprint density at radius 2 is 1.86 bits per heavy atom. The van der Waals surface area contributed by atoms with Crippen LogP contribution in [-0.4, -0.2) is 15.4 Å². The highest BCUT2D eigenvalue weighted by atomic mass is 16.6. The number of nitrogens with zero attached hydrogens (tertiary/aromatic N) is 2. The number of hydrogen-bond acceptors (Lipinski definition) is 5. The minimum Gasteiger partial charge on any atom is -0.325 e. The van der Waals surface area contributed by atoms with Gasteiger partial charge in [0.1, 0.15) is 0 Å². The molecule has 0 radical (unpaired) electrons. The van der Waals surface area contributed by atoms with Gasteiger partial charge in [0.05, 0.1) is 15.9 Å². The van der Waals surface area contributed by atoms with Crippen LogP contribution in [-0.2, 0) is 6.42 Å². The second kappa shape index (κ2) is 5.77. The van der Waals surface area contributed by atoms with Crippen LogP contribution in [0.1, 0.15) is 38.2 Å². The number of nitrogens with two attached hydrogens (primary N) is 1. The number of rotatable bonds is 4.